The SMILES string of the molecule is Cc1cc(-n2ncc3ccccc32)ccc1CO. The lowest BCUT2D eigenvalue weighted by molar-refractivity contribution is 0.281. The second kappa shape index (κ2) is 4.27. The number of hydrogen-bond donors (Lipinski definition) is 1. The molecule has 0 aliphatic carbocycles. The predicted molar refractivity (Wildman–Crippen MR) is 71.7 cm³/mol. The number of aliphatic hydroxyl groups is 1. The van der Waals surface area contributed by atoms with Crippen LogP contribution in [0.25, 0.3) is 16.6 Å². The molecule has 0 unspecified atom stereocenters. The van der Waals surface area contributed by atoms with Gasteiger partial charge in [0.1, 0.15) is 0 Å². The Balaban J connectivity index is 2.17. The maximum atomic E-state index is 9.19. The summed E-state index contributed by atoms with van der Waals surface area (Å²) in [5, 5.41) is 14.7. The first kappa shape index (κ1) is 11.0. The molecule has 0 aliphatic rings. The van der Waals surface area contributed by atoms with Gasteiger partial charge in [-0.3, -0.25) is 0 Å². The monoisotopic (exact) mass is 238 g/mol. The van der Waals surface area contributed by atoms with E-state index in [1.807, 2.05) is 54.2 Å². The molecule has 0 saturated carbocycles. The van der Waals surface area contributed by atoms with Crippen LogP contribution in [0.15, 0.2) is 48.7 Å². The third-order valence-corrected chi connectivity index (χ3v) is 3.22. The zero-order valence-corrected chi connectivity index (χ0v) is 10.2. The number of rotatable bonds is 2. The van der Waals surface area contributed by atoms with Gasteiger partial charge in [0, 0.05) is 5.39 Å². The van der Waals surface area contributed by atoms with E-state index in [9.17, 15) is 5.11 Å². The highest BCUT2D eigenvalue weighted by molar-refractivity contribution is 5.80. The van der Waals surface area contributed by atoms with Crippen molar-refractivity contribution in [3.63, 3.8) is 0 Å². The number of nitrogens with zero attached hydrogens (tertiary/aromatic N) is 2. The molecule has 0 amide bonds. The van der Waals surface area contributed by atoms with Gasteiger partial charge < -0.3 is 5.11 Å². The summed E-state index contributed by atoms with van der Waals surface area (Å²) in [6.45, 7) is 2.08. The molecular formula is C15H14N2O. The summed E-state index contributed by atoms with van der Waals surface area (Å²) in [5.41, 5.74) is 4.14. The van der Waals surface area contributed by atoms with Crippen LogP contribution in [-0.4, -0.2) is 14.9 Å². The fourth-order valence-electron chi connectivity index (χ4n) is 2.17. The van der Waals surface area contributed by atoms with Gasteiger partial charge in [-0.05, 0) is 36.2 Å². The quantitative estimate of drug-likeness (QED) is 0.745. The van der Waals surface area contributed by atoms with Gasteiger partial charge in [0.25, 0.3) is 0 Å². The van der Waals surface area contributed by atoms with Crippen LogP contribution in [0.4, 0.5) is 0 Å². The standard InChI is InChI=1S/C15H14N2O/c1-11-8-14(7-6-13(11)10-18)17-15-5-3-2-4-12(15)9-16-17/h2-9,18H,10H2,1H3. The average molecular weight is 238 g/mol. The van der Waals surface area contributed by atoms with Crippen molar-refractivity contribution < 1.29 is 5.11 Å². The Labute approximate surface area is 105 Å². The molecule has 1 N–H and O–H groups in total. The maximum absolute atomic E-state index is 9.19. The maximum Gasteiger partial charge on any atom is 0.0741 e. The Kier molecular flexibility index (Phi) is 2.61. The first-order valence-electron chi connectivity index (χ1n) is 5.93. The Bertz CT molecular complexity index is 701. The van der Waals surface area contributed by atoms with E-state index in [4.69, 9.17) is 0 Å². The number of aromatic nitrogens is 2. The van der Waals surface area contributed by atoms with Gasteiger partial charge in [-0.1, -0.05) is 24.3 Å². The molecule has 18 heavy (non-hydrogen) atoms. The Morgan fingerprint density at radius 3 is 2.78 bits per heavy atom. The van der Waals surface area contributed by atoms with Crippen LogP contribution < -0.4 is 0 Å². The summed E-state index contributed by atoms with van der Waals surface area (Å²) in [7, 11) is 0. The van der Waals surface area contributed by atoms with Gasteiger partial charge in [0.15, 0.2) is 0 Å². The van der Waals surface area contributed by atoms with Crippen LogP contribution >= 0.6 is 0 Å². The summed E-state index contributed by atoms with van der Waals surface area (Å²) in [4.78, 5) is 0. The smallest absolute Gasteiger partial charge is 0.0741 e. The number of para-hydroxylation sites is 1. The van der Waals surface area contributed by atoms with Gasteiger partial charge in [-0.15, -0.1) is 0 Å². The molecule has 3 rings (SSSR count). The van der Waals surface area contributed by atoms with Gasteiger partial charge in [0.2, 0.25) is 0 Å². The van der Waals surface area contributed by atoms with Gasteiger partial charge in [-0.25, -0.2) is 4.68 Å². The Morgan fingerprint density at radius 2 is 2.00 bits per heavy atom. The molecule has 2 aromatic carbocycles. The van der Waals surface area contributed by atoms with Crippen LogP contribution in [0.3, 0.4) is 0 Å². The molecule has 1 heterocycles. The van der Waals surface area contributed by atoms with E-state index < -0.39 is 0 Å². The van der Waals surface area contributed by atoms with Crippen LogP contribution in [0, 0.1) is 6.92 Å². The van der Waals surface area contributed by atoms with Crippen molar-refractivity contribution in [2.24, 2.45) is 0 Å². The van der Waals surface area contributed by atoms with Crippen LogP contribution in [0.2, 0.25) is 0 Å². The van der Waals surface area contributed by atoms with Crippen molar-refractivity contribution in [3.8, 4) is 5.69 Å². The third-order valence-electron chi connectivity index (χ3n) is 3.22. The largest absolute Gasteiger partial charge is 0.392 e. The molecule has 3 nitrogen and oxygen atoms in total. The van der Waals surface area contributed by atoms with Crippen LogP contribution in [0.5, 0.6) is 0 Å². The molecule has 0 spiro atoms. The van der Waals surface area contributed by atoms with E-state index in [2.05, 4.69) is 11.2 Å². The topological polar surface area (TPSA) is 38.0 Å². The highest BCUT2D eigenvalue weighted by atomic mass is 16.3. The highest BCUT2D eigenvalue weighted by Gasteiger charge is 2.05. The van der Waals surface area contributed by atoms with Gasteiger partial charge in [-0.2, -0.15) is 5.10 Å². The minimum Gasteiger partial charge on any atom is -0.392 e. The van der Waals surface area contributed by atoms with Crippen LogP contribution in [0.1, 0.15) is 11.1 Å². The zero-order chi connectivity index (χ0) is 12.5. The lowest BCUT2D eigenvalue weighted by atomic mass is 10.1. The average Bonchev–Trinajstić information content (AvgIpc) is 2.82. The number of aliphatic hydroxyl groups excluding tert-OH is 1. The summed E-state index contributed by atoms with van der Waals surface area (Å²) in [5.74, 6) is 0. The normalized spacial score (nSPS) is 11.0. The molecular weight excluding hydrogens is 224 g/mol. The fourth-order valence-corrected chi connectivity index (χ4v) is 2.17. The van der Waals surface area contributed by atoms with E-state index in [1.165, 1.54) is 0 Å². The molecule has 0 fully saturated rings. The molecule has 0 radical (unpaired) electrons. The fraction of sp³-hybridized carbons (Fsp3) is 0.133. The molecule has 0 atom stereocenters. The molecule has 3 aromatic rings. The van der Waals surface area contributed by atoms with Crippen molar-refractivity contribution in [2.75, 3.05) is 0 Å². The van der Waals surface area contributed by atoms with Crippen molar-refractivity contribution in [1.29, 1.82) is 0 Å². The highest BCUT2D eigenvalue weighted by Crippen LogP contribution is 2.20. The van der Waals surface area contributed by atoms with Crippen molar-refractivity contribution in [3.05, 3.63) is 59.8 Å². The number of fused-ring (bicyclic) bond motifs is 1. The van der Waals surface area contributed by atoms with E-state index in [0.717, 1.165) is 27.7 Å². The van der Waals surface area contributed by atoms with Crippen molar-refractivity contribution in [2.45, 2.75) is 13.5 Å². The summed E-state index contributed by atoms with van der Waals surface area (Å²) >= 11 is 0. The number of hydrogen-bond acceptors (Lipinski definition) is 2. The minimum atomic E-state index is 0.0754. The van der Waals surface area contributed by atoms with Crippen molar-refractivity contribution in [1.82, 2.24) is 9.78 Å². The Morgan fingerprint density at radius 1 is 1.17 bits per heavy atom. The van der Waals surface area contributed by atoms with E-state index in [0.29, 0.717) is 0 Å². The molecule has 3 heteroatoms. The van der Waals surface area contributed by atoms with Gasteiger partial charge >= 0.3 is 0 Å². The second-order valence-electron chi connectivity index (χ2n) is 4.38. The first-order valence-corrected chi connectivity index (χ1v) is 5.93. The zero-order valence-electron chi connectivity index (χ0n) is 10.2. The number of benzene rings is 2. The van der Waals surface area contributed by atoms with Crippen LogP contribution in [-0.2, 0) is 6.61 Å². The van der Waals surface area contributed by atoms with E-state index in [1.54, 1.807) is 0 Å². The molecule has 0 bridgehead atoms. The third kappa shape index (κ3) is 1.69. The summed E-state index contributed by atoms with van der Waals surface area (Å²) in [6.07, 6.45) is 1.87. The lowest BCUT2D eigenvalue weighted by Gasteiger charge is -2.07. The van der Waals surface area contributed by atoms with Gasteiger partial charge in [0.05, 0.1) is 24.0 Å². The Hall–Kier alpha value is -2.13. The summed E-state index contributed by atoms with van der Waals surface area (Å²) < 4.78 is 1.92. The molecule has 0 aliphatic heterocycles. The minimum absolute atomic E-state index is 0.0754. The molecule has 1 aromatic heterocycles. The molecule has 0 saturated heterocycles. The van der Waals surface area contributed by atoms with E-state index in [-0.39, 0.29) is 6.61 Å². The lowest BCUT2D eigenvalue weighted by Crippen LogP contribution is -1.98. The van der Waals surface area contributed by atoms with E-state index >= 15 is 0 Å². The first-order chi connectivity index (χ1) is 8.79. The molecule has 90 valence electrons. The second-order valence-corrected chi connectivity index (χ2v) is 4.38. The number of aryl methyl sites for hydroxylation is 1. The predicted octanol–water partition coefficient (Wildman–Crippen LogP) is 2.83. The van der Waals surface area contributed by atoms with Crippen molar-refractivity contribution >= 4 is 10.9 Å². The summed E-state index contributed by atoms with van der Waals surface area (Å²) in [6, 6.07) is 14.1.